The standard InChI is InChI=1S/C17H16Br2N2O/c18-15-13-9-21(7-6-14(13)20-16(15)19)17(22)12-5-4-10-2-1-3-11(10)8-12/h4-5,8,20H,1-3,6-7,9H2. The number of H-pyrrole nitrogens is 1. The van der Waals surface area contributed by atoms with Crippen molar-refractivity contribution >= 4 is 37.8 Å². The average molecular weight is 424 g/mol. The van der Waals surface area contributed by atoms with Crippen molar-refractivity contribution in [3.8, 4) is 0 Å². The first-order valence-corrected chi connectivity index (χ1v) is 9.18. The molecule has 0 fully saturated rings. The molecule has 0 unspecified atom stereocenters. The van der Waals surface area contributed by atoms with Gasteiger partial charge in [-0.25, -0.2) is 0 Å². The molecule has 2 heterocycles. The molecule has 1 N–H and O–H groups in total. The van der Waals surface area contributed by atoms with E-state index in [0.717, 1.165) is 40.4 Å². The van der Waals surface area contributed by atoms with Crippen molar-refractivity contribution in [3.05, 3.63) is 55.2 Å². The Labute approximate surface area is 146 Å². The normalized spacial score (nSPS) is 16.5. The number of carbonyl (C=O) groups is 1. The first-order chi connectivity index (χ1) is 10.6. The Kier molecular flexibility index (Phi) is 3.65. The molecule has 3 nitrogen and oxygen atoms in total. The highest BCUT2D eigenvalue weighted by Crippen LogP contribution is 2.33. The number of aromatic nitrogens is 1. The first kappa shape index (κ1) is 14.5. The predicted octanol–water partition coefficient (Wildman–Crippen LogP) is 4.23. The van der Waals surface area contributed by atoms with Gasteiger partial charge in [0.15, 0.2) is 0 Å². The summed E-state index contributed by atoms with van der Waals surface area (Å²) < 4.78 is 2.00. The molecule has 114 valence electrons. The molecule has 0 saturated heterocycles. The number of amides is 1. The number of nitrogens with one attached hydrogen (secondary N) is 1. The molecule has 0 atom stereocenters. The van der Waals surface area contributed by atoms with Crippen LogP contribution in [-0.4, -0.2) is 22.3 Å². The van der Waals surface area contributed by atoms with E-state index in [1.54, 1.807) is 0 Å². The van der Waals surface area contributed by atoms with Crippen molar-refractivity contribution < 1.29 is 4.79 Å². The zero-order chi connectivity index (χ0) is 15.3. The molecule has 0 radical (unpaired) electrons. The van der Waals surface area contributed by atoms with Gasteiger partial charge < -0.3 is 9.88 Å². The summed E-state index contributed by atoms with van der Waals surface area (Å²) in [5, 5.41) is 0. The summed E-state index contributed by atoms with van der Waals surface area (Å²) in [6.45, 7) is 1.43. The lowest BCUT2D eigenvalue weighted by molar-refractivity contribution is 0.0734. The van der Waals surface area contributed by atoms with Crippen LogP contribution in [0.15, 0.2) is 27.3 Å². The Morgan fingerprint density at radius 3 is 2.82 bits per heavy atom. The largest absolute Gasteiger partial charge is 0.352 e. The van der Waals surface area contributed by atoms with Crippen LogP contribution >= 0.6 is 31.9 Å². The molecule has 22 heavy (non-hydrogen) atoms. The number of hydrogen-bond acceptors (Lipinski definition) is 1. The molecule has 0 saturated carbocycles. The van der Waals surface area contributed by atoms with Gasteiger partial charge in [0, 0.05) is 36.3 Å². The zero-order valence-corrected chi connectivity index (χ0v) is 15.3. The van der Waals surface area contributed by atoms with Crippen molar-refractivity contribution in [2.45, 2.75) is 32.2 Å². The van der Waals surface area contributed by atoms with Crippen LogP contribution in [0.3, 0.4) is 0 Å². The van der Waals surface area contributed by atoms with Crippen LogP contribution in [0, 0.1) is 0 Å². The molecule has 1 aromatic heterocycles. The third-order valence-electron chi connectivity index (χ3n) is 4.70. The highest BCUT2D eigenvalue weighted by molar-refractivity contribution is 9.13. The van der Waals surface area contributed by atoms with Crippen molar-refractivity contribution in [2.75, 3.05) is 6.54 Å². The number of nitrogens with zero attached hydrogens (tertiary/aromatic N) is 1. The van der Waals surface area contributed by atoms with Crippen LogP contribution in [0.4, 0.5) is 0 Å². The smallest absolute Gasteiger partial charge is 0.254 e. The van der Waals surface area contributed by atoms with Gasteiger partial charge in [-0.3, -0.25) is 4.79 Å². The van der Waals surface area contributed by atoms with Gasteiger partial charge >= 0.3 is 0 Å². The Morgan fingerprint density at radius 2 is 1.95 bits per heavy atom. The van der Waals surface area contributed by atoms with Crippen molar-refractivity contribution in [2.24, 2.45) is 0 Å². The SMILES string of the molecule is O=C(c1ccc2c(c1)CCC2)N1CCc2[nH]c(Br)c(Br)c2C1. The van der Waals surface area contributed by atoms with E-state index in [4.69, 9.17) is 0 Å². The van der Waals surface area contributed by atoms with E-state index < -0.39 is 0 Å². The topological polar surface area (TPSA) is 36.1 Å². The summed E-state index contributed by atoms with van der Waals surface area (Å²) >= 11 is 7.10. The minimum absolute atomic E-state index is 0.143. The summed E-state index contributed by atoms with van der Waals surface area (Å²) in [5.41, 5.74) is 6.00. The molecule has 2 aromatic rings. The van der Waals surface area contributed by atoms with Crippen LogP contribution in [0.5, 0.6) is 0 Å². The molecule has 1 aromatic carbocycles. The fourth-order valence-electron chi connectivity index (χ4n) is 3.48. The van der Waals surface area contributed by atoms with Gasteiger partial charge in [0.25, 0.3) is 5.91 Å². The second-order valence-electron chi connectivity index (χ2n) is 6.02. The van der Waals surface area contributed by atoms with Crippen molar-refractivity contribution in [3.63, 3.8) is 0 Å². The molecule has 5 heteroatoms. The first-order valence-electron chi connectivity index (χ1n) is 7.59. The van der Waals surface area contributed by atoms with E-state index in [-0.39, 0.29) is 5.91 Å². The van der Waals surface area contributed by atoms with Gasteiger partial charge in [0.2, 0.25) is 0 Å². The number of hydrogen-bond donors (Lipinski definition) is 1. The van der Waals surface area contributed by atoms with Crippen LogP contribution < -0.4 is 0 Å². The Balaban J connectivity index is 1.60. The molecule has 1 amide bonds. The maximum absolute atomic E-state index is 12.8. The van der Waals surface area contributed by atoms with Crippen LogP contribution in [-0.2, 0) is 25.8 Å². The second kappa shape index (κ2) is 5.53. The third kappa shape index (κ3) is 2.35. The van der Waals surface area contributed by atoms with Gasteiger partial charge in [-0.05, 0) is 74.4 Å². The second-order valence-corrected chi connectivity index (χ2v) is 7.61. The Morgan fingerprint density at radius 1 is 1.14 bits per heavy atom. The number of carbonyl (C=O) groups excluding carboxylic acids is 1. The van der Waals surface area contributed by atoms with E-state index in [9.17, 15) is 4.79 Å². The van der Waals surface area contributed by atoms with E-state index in [1.807, 2.05) is 11.0 Å². The quantitative estimate of drug-likeness (QED) is 0.731. The van der Waals surface area contributed by atoms with Crippen molar-refractivity contribution in [1.82, 2.24) is 9.88 Å². The summed E-state index contributed by atoms with van der Waals surface area (Å²) in [6.07, 6.45) is 4.35. The molecule has 0 spiro atoms. The maximum Gasteiger partial charge on any atom is 0.254 e. The van der Waals surface area contributed by atoms with Crippen molar-refractivity contribution in [1.29, 1.82) is 0 Å². The Bertz CT molecular complexity index is 766. The van der Waals surface area contributed by atoms with Gasteiger partial charge in [0.1, 0.15) is 0 Å². The lowest BCUT2D eigenvalue weighted by Gasteiger charge is -2.27. The van der Waals surface area contributed by atoms with Gasteiger partial charge in [0.05, 0.1) is 9.08 Å². The number of rotatable bonds is 1. The third-order valence-corrected chi connectivity index (χ3v) is 6.70. The van der Waals surface area contributed by atoms with E-state index in [0.29, 0.717) is 6.54 Å². The Hall–Kier alpha value is -1.07. The zero-order valence-electron chi connectivity index (χ0n) is 12.1. The van der Waals surface area contributed by atoms with E-state index in [2.05, 4.69) is 49.0 Å². The van der Waals surface area contributed by atoms with Crippen LogP contribution in [0.2, 0.25) is 0 Å². The highest BCUT2D eigenvalue weighted by atomic mass is 79.9. The summed E-state index contributed by atoms with van der Waals surface area (Å²) in [6, 6.07) is 6.22. The predicted molar refractivity (Wildman–Crippen MR) is 93.1 cm³/mol. The monoisotopic (exact) mass is 422 g/mol. The molecular weight excluding hydrogens is 408 g/mol. The van der Waals surface area contributed by atoms with Gasteiger partial charge in [-0.2, -0.15) is 0 Å². The van der Waals surface area contributed by atoms with Crippen LogP contribution in [0.1, 0.15) is 39.2 Å². The number of benzene rings is 1. The molecule has 0 bridgehead atoms. The number of aryl methyl sites for hydroxylation is 2. The minimum Gasteiger partial charge on any atom is -0.352 e. The van der Waals surface area contributed by atoms with Gasteiger partial charge in [-0.15, -0.1) is 0 Å². The minimum atomic E-state index is 0.143. The fraction of sp³-hybridized carbons (Fsp3) is 0.353. The summed E-state index contributed by atoms with van der Waals surface area (Å²) in [5.74, 6) is 0.143. The van der Waals surface area contributed by atoms with E-state index in [1.165, 1.54) is 28.8 Å². The van der Waals surface area contributed by atoms with E-state index >= 15 is 0 Å². The number of aromatic amines is 1. The molecule has 1 aliphatic heterocycles. The molecular formula is C17H16Br2N2O. The van der Waals surface area contributed by atoms with Gasteiger partial charge in [-0.1, -0.05) is 6.07 Å². The lowest BCUT2D eigenvalue weighted by atomic mass is 10.0. The molecule has 4 rings (SSSR count). The van der Waals surface area contributed by atoms with Crippen LogP contribution in [0.25, 0.3) is 0 Å². The number of fused-ring (bicyclic) bond motifs is 2. The molecule has 2 aliphatic rings. The number of halogens is 2. The summed E-state index contributed by atoms with van der Waals surface area (Å²) in [4.78, 5) is 18.1. The molecule has 1 aliphatic carbocycles. The highest BCUT2D eigenvalue weighted by Gasteiger charge is 2.26. The average Bonchev–Trinajstić information content (AvgIpc) is 3.11. The summed E-state index contributed by atoms with van der Waals surface area (Å²) in [7, 11) is 0. The lowest BCUT2D eigenvalue weighted by Crippen LogP contribution is -2.35. The fourth-order valence-corrected chi connectivity index (χ4v) is 4.43. The maximum atomic E-state index is 12.8.